The van der Waals surface area contributed by atoms with E-state index in [1.807, 2.05) is 11.0 Å². The predicted octanol–water partition coefficient (Wildman–Crippen LogP) is 2.54. The lowest BCUT2D eigenvalue weighted by atomic mass is 10.0. The number of nitrogens with zero attached hydrogens (tertiary/aromatic N) is 2. The van der Waals surface area contributed by atoms with Gasteiger partial charge in [0.25, 0.3) is 0 Å². The van der Waals surface area contributed by atoms with Crippen molar-refractivity contribution in [3.63, 3.8) is 0 Å². The van der Waals surface area contributed by atoms with E-state index in [0.717, 1.165) is 0 Å². The van der Waals surface area contributed by atoms with Crippen LogP contribution in [0.25, 0.3) is 6.08 Å². The van der Waals surface area contributed by atoms with E-state index in [-0.39, 0.29) is 11.8 Å². The number of hydrogen-bond donors (Lipinski definition) is 0. The standard InChI is InChI=1S/C18H24N2O3/c21-17(8-7-16-6-3-13-23-16)19-9-11-20(12-10-19)18(22)14-15-4-1-2-5-15/h3,6-8,13,15H,1-2,4-5,9-12,14H2/b8-7+. The summed E-state index contributed by atoms with van der Waals surface area (Å²) >= 11 is 0. The average molecular weight is 316 g/mol. The van der Waals surface area contributed by atoms with Crippen LogP contribution in [0, 0.1) is 5.92 Å². The van der Waals surface area contributed by atoms with Gasteiger partial charge in [-0.3, -0.25) is 9.59 Å². The Morgan fingerprint density at radius 3 is 2.48 bits per heavy atom. The van der Waals surface area contributed by atoms with Gasteiger partial charge in [0, 0.05) is 38.7 Å². The third kappa shape index (κ3) is 4.24. The summed E-state index contributed by atoms with van der Waals surface area (Å²) in [7, 11) is 0. The number of carbonyl (C=O) groups excluding carboxylic acids is 2. The molecule has 2 amide bonds. The highest BCUT2D eigenvalue weighted by atomic mass is 16.3. The first-order valence-corrected chi connectivity index (χ1v) is 8.50. The molecule has 0 N–H and O–H groups in total. The second-order valence-corrected chi connectivity index (χ2v) is 6.41. The van der Waals surface area contributed by atoms with Crippen LogP contribution < -0.4 is 0 Å². The number of hydrogen-bond acceptors (Lipinski definition) is 3. The second-order valence-electron chi connectivity index (χ2n) is 6.41. The minimum absolute atomic E-state index is 0.0238. The molecule has 2 fully saturated rings. The Hall–Kier alpha value is -2.04. The topological polar surface area (TPSA) is 53.8 Å². The Labute approximate surface area is 136 Å². The smallest absolute Gasteiger partial charge is 0.246 e. The molecule has 1 aromatic rings. The van der Waals surface area contributed by atoms with Crippen LogP contribution >= 0.6 is 0 Å². The lowest BCUT2D eigenvalue weighted by molar-refractivity contribution is -0.137. The van der Waals surface area contributed by atoms with Gasteiger partial charge in [0.1, 0.15) is 5.76 Å². The van der Waals surface area contributed by atoms with Crippen LogP contribution in [0.4, 0.5) is 0 Å². The zero-order chi connectivity index (χ0) is 16.1. The van der Waals surface area contributed by atoms with Crippen molar-refractivity contribution in [1.82, 2.24) is 9.80 Å². The first-order valence-electron chi connectivity index (χ1n) is 8.50. The fourth-order valence-corrected chi connectivity index (χ4v) is 3.41. The first kappa shape index (κ1) is 15.8. The maximum Gasteiger partial charge on any atom is 0.246 e. The summed E-state index contributed by atoms with van der Waals surface area (Å²) in [5.41, 5.74) is 0. The lowest BCUT2D eigenvalue weighted by Crippen LogP contribution is -2.50. The maximum atomic E-state index is 12.3. The van der Waals surface area contributed by atoms with Crippen molar-refractivity contribution in [3.8, 4) is 0 Å². The zero-order valence-corrected chi connectivity index (χ0v) is 13.4. The van der Waals surface area contributed by atoms with Crippen molar-refractivity contribution in [3.05, 3.63) is 30.2 Å². The van der Waals surface area contributed by atoms with Crippen molar-refractivity contribution in [1.29, 1.82) is 0 Å². The summed E-state index contributed by atoms with van der Waals surface area (Å²) in [6.45, 7) is 2.51. The van der Waals surface area contributed by atoms with Gasteiger partial charge in [0.2, 0.25) is 11.8 Å². The third-order valence-electron chi connectivity index (χ3n) is 4.82. The molecule has 0 radical (unpaired) electrons. The van der Waals surface area contributed by atoms with Crippen LogP contribution in [-0.4, -0.2) is 47.8 Å². The summed E-state index contributed by atoms with van der Waals surface area (Å²) in [5.74, 6) is 1.49. The third-order valence-corrected chi connectivity index (χ3v) is 4.82. The van der Waals surface area contributed by atoms with Crippen molar-refractivity contribution in [2.24, 2.45) is 5.92 Å². The summed E-state index contributed by atoms with van der Waals surface area (Å²) in [6.07, 6.45) is 10.4. The fraction of sp³-hybridized carbons (Fsp3) is 0.556. The van der Waals surface area contributed by atoms with Crippen LogP contribution in [-0.2, 0) is 9.59 Å². The molecule has 0 bridgehead atoms. The Morgan fingerprint density at radius 2 is 1.83 bits per heavy atom. The molecule has 2 aliphatic rings. The van der Waals surface area contributed by atoms with E-state index in [9.17, 15) is 9.59 Å². The van der Waals surface area contributed by atoms with E-state index in [1.54, 1.807) is 23.3 Å². The quantitative estimate of drug-likeness (QED) is 0.802. The van der Waals surface area contributed by atoms with E-state index in [4.69, 9.17) is 4.42 Å². The van der Waals surface area contributed by atoms with E-state index >= 15 is 0 Å². The summed E-state index contributed by atoms with van der Waals surface area (Å²) < 4.78 is 5.17. The van der Waals surface area contributed by atoms with Gasteiger partial charge in [-0.1, -0.05) is 12.8 Å². The summed E-state index contributed by atoms with van der Waals surface area (Å²) in [5, 5.41) is 0. The molecule has 1 aromatic heterocycles. The average Bonchev–Trinajstić information content (AvgIpc) is 3.26. The number of piperazine rings is 1. The van der Waals surface area contributed by atoms with E-state index in [0.29, 0.717) is 44.3 Å². The molecule has 23 heavy (non-hydrogen) atoms. The van der Waals surface area contributed by atoms with Gasteiger partial charge >= 0.3 is 0 Å². The maximum absolute atomic E-state index is 12.3. The van der Waals surface area contributed by atoms with Crippen LogP contribution in [0.2, 0.25) is 0 Å². The lowest BCUT2D eigenvalue weighted by Gasteiger charge is -2.34. The largest absolute Gasteiger partial charge is 0.465 e. The number of carbonyl (C=O) groups is 2. The molecule has 0 unspecified atom stereocenters. The monoisotopic (exact) mass is 316 g/mol. The van der Waals surface area contributed by atoms with Crippen LogP contribution in [0.15, 0.2) is 28.9 Å². The number of rotatable bonds is 4. The Morgan fingerprint density at radius 1 is 1.13 bits per heavy atom. The highest BCUT2D eigenvalue weighted by molar-refractivity contribution is 5.91. The molecule has 5 nitrogen and oxygen atoms in total. The Kier molecular flexibility index (Phi) is 5.16. The molecule has 1 aliphatic heterocycles. The van der Waals surface area contributed by atoms with Gasteiger partial charge in [-0.2, -0.15) is 0 Å². The molecule has 1 saturated carbocycles. The number of furan rings is 1. The second kappa shape index (κ2) is 7.49. The van der Waals surface area contributed by atoms with E-state index in [2.05, 4.69) is 0 Å². The minimum Gasteiger partial charge on any atom is -0.465 e. The molecule has 5 heteroatoms. The van der Waals surface area contributed by atoms with Gasteiger partial charge in [-0.15, -0.1) is 0 Å². The van der Waals surface area contributed by atoms with Crippen molar-refractivity contribution in [2.45, 2.75) is 32.1 Å². The molecular formula is C18H24N2O3. The van der Waals surface area contributed by atoms with Crippen molar-refractivity contribution < 1.29 is 14.0 Å². The Balaban J connectivity index is 1.44. The molecule has 2 heterocycles. The molecule has 0 spiro atoms. The van der Waals surface area contributed by atoms with Crippen molar-refractivity contribution >= 4 is 17.9 Å². The first-order chi connectivity index (χ1) is 11.2. The molecule has 0 aromatic carbocycles. The van der Waals surface area contributed by atoms with Gasteiger partial charge in [0.05, 0.1) is 6.26 Å². The minimum atomic E-state index is -0.0238. The van der Waals surface area contributed by atoms with Gasteiger partial charge in [-0.05, 0) is 37.0 Å². The summed E-state index contributed by atoms with van der Waals surface area (Å²) in [6, 6.07) is 3.60. The summed E-state index contributed by atoms with van der Waals surface area (Å²) in [4.78, 5) is 28.2. The van der Waals surface area contributed by atoms with Gasteiger partial charge < -0.3 is 14.2 Å². The van der Waals surface area contributed by atoms with Crippen LogP contribution in [0.3, 0.4) is 0 Å². The van der Waals surface area contributed by atoms with Crippen LogP contribution in [0.1, 0.15) is 37.9 Å². The highest BCUT2D eigenvalue weighted by Gasteiger charge is 2.26. The molecular weight excluding hydrogens is 292 g/mol. The molecule has 1 saturated heterocycles. The van der Waals surface area contributed by atoms with Gasteiger partial charge in [0.15, 0.2) is 0 Å². The van der Waals surface area contributed by atoms with Crippen molar-refractivity contribution in [2.75, 3.05) is 26.2 Å². The fourth-order valence-electron chi connectivity index (χ4n) is 3.41. The van der Waals surface area contributed by atoms with E-state index < -0.39 is 0 Å². The number of amides is 2. The zero-order valence-electron chi connectivity index (χ0n) is 13.4. The molecule has 124 valence electrons. The normalized spacial score (nSPS) is 19.7. The van der Waals surface area contributed by atoms with E-state index in [1.165, 1.54) is 31.8 Å². The molecule has 3 rings (SSSR count). The SMILES string of the molecule is O=C(/C=C/c1ccco1)N1CCN(C(=O)CC2CCCC2)CC1. The highest BCUT2D eigenvalue weighted by Crippen LogP contribution is 2.28. The molecule has 1 aliphatic carbocycles. The van der Waals surface area contributed by atoms with Gasteiger partial charge in [-0.25, -0.2) is 0 Å². The van der Waals surface area contributed by atoms with Crippen LogP contribution in [0.5, 0.6) is 0 Å². The molecule has 0 atom stereocenters. The Bertz CT molecular complexity index is 551. The predicted molar refractivity (Wildman–Crippen MR) is 87.5 cm³/mol.